The summed E-state index contributed by atoms with van der Waals surface area (Å²) in [5, 5.41) is 11.3. The largest absolute Gasteiger partial charge is 0.345 e. The van der Waals surface area contributed by atoms with E-state index in [1.165, 1.54) is 4.31 Å². The van der Waals surface area contributed by atoms with Crippen molar-refractivity contribution in [2.45, 2.75) is 12.8 Å². The maximum absolute atomic E-state index is 12.0. The number of thiazole rings is 1. The highest BCUT2D eigenvalue weighted by Gasteiger charge is 2.27. The molecule has 0 unspecified atom stereocenters. The van der Waals surface area contributed by atoms with Crippen LogP contribution in [0.25, 0.3) is 0 Å². The highest BCUT2D eigenvalue weighted by Crippen LogP contribution is 2.20. The first kappa shape index (κ1) is 14.2. The fourth-order valence-electron chi connectivity index (χ4n) is 1.99. The van der Waals surface area contributed by atoms with Crippen molar-refractivity contribution in [3.8, 4) is 6.07 Å². The number of aromatic nitrogens is 1. The molecular formula is C11H16N4O2S2. The van der Waals surface area contributed by atoms with Crippen molar-refractivity contribution < 1.29 is 8.42 Å². The zero-order valence-electron chi connectivity index (χ0n) is 10.5. The van der Waals surface area contributed by atoms with Gasteiger partial charge in [-0.05, 0) is 6.42 Å². The molecule has 1 aliphatic rings. The van der Waals surface area contributed by atoms with Gasteiger partial charge in [-0.3, -0.25) is 0 Å². The molecule has 6 nitrogen and oxygen atoms in total. The van der Waals surface area contributed by atoms with Crippen LogP contribution < -0.4 is 4.90 Å². The minimum Gasteiger partial charge on any atom is -0.345 e. The minimum atomic E-state index is -3.21. The van der Waals surface area contributed by atoms with Gasteiger partial charge in [0.05, 0.1) is 11.8 Å². The van der Waals surface area contributed by atoms with Crippen molar-refractivity contribution in [3.63, 3.8) is 0 Å². The maximum Gasteiger partial charge on any atom is 0.214 e. The standard InChI is InChI=1S/C11H16N4O2S2/c12-3-1-2-10-19(16,17)15-7-5-14(6-8-15)11-13-4-9-18-11/h4,9H,1-2,5-8,10H2. The van der Waals surface area contributed by atoms with E-state index in [2.05, 4.69) is 9.88 Å². The third-order valence-corrected chi connectivity index (χ3v) is 5.80. The summed E-state index contributed by atoms with van der Waals surface area (Å²) in [6.07, 6.45) is 2.45. The van der Waals surface area contributed by atoms with Gasteiger partial charge in [-0.2, -0.15) is 9.57 Å². The van der Waals surface area contributed by atoms with Crippen molar-refractivity contribution in [1.82, 2.24) is 9.29 Å². The van der Waals surface area contributed by atoms with E-state index < -0.39 is 10.0 Å². The van der Waals surface area contributed by atoms with E-state index in [4.69, 9.17) is 5.26 Å². The van der Waals surface area contributed by atoms with Gasteiger partial charge in [0.25, 0.3) is 0 Å². The van der Waals surface area contributed by atoms with Gasteiger partial charge in [0.2, 0.25) is 10.0 Å². The van der Waals surface area contributed by atoms with E-state index in [-0.39, 0.29) is 12.2 Å². The van der Waals surface area contributed by atoms with Crippen molar-refractivity contribution >= 4 is 26.5 Å². The van der Waals surface area contributed by atoms with E-state index in [0.29, 0.717) is 32.6 Å². The Labute approximate surface area is 117 Å². The topological polar surface area (TPSA) is 77.3 Å². The predicted molar refractivity (Wildman–Crippen MR) is 74.5 cm³/mol. The Bertz CT molecular complexity index is 528. The van der Waals surface area contributed by atoms with E-state index in [1.807, 2.05) is 11.4 Å². The van der Waals surface area contributed by atoms with E-state index >= 15 is 0 Å². The first-order chi connectivity index (χ1) is 9.13. The van der Waals surface area contributed by atoms with Crippen LogP contribution in [-0.2, 0) is 10.0 Å². The molecule has 19 heavy (non-hydrogen) atoms. The molecule has 1 aromatic rings. The monoisotopic (exact) mass is 300 g/mol. The SMILES string of the molecule is N#CCCCS(=O)(=O)N1CCN(c2nccs2)CC1. The van der Waals surface area contributed by atoms with Gasteiger partial charge in [0.1, 0.15) is 0 Å². The molecule has 2 rings (SSSR count). The number of hydrogen-bond acceptors (Lipinski definition) is 6. The lowest BCUT2D eigenvalue weighted by atomic mass is 10.4. The Hall–Kier alpha value is -1.17. The molecule has 0 spiro atoms. The summed E-state index contributed by atoms with van der Waals surface area (Å²) in [6, 6.07) is 1.97. The van der Waals surface area contributed by atoms with Gasteiger partial charge in [0, 0.05) is 44.2 Å². The average molecular weight is 300 g/mol. The maximum atomic E-state index is 12.0. The molecule has 0 atom stereocenters. The zero-order valence-corrected chi connectivity index (χ0v) is 12.2. The molecule has 1 aromatic heterocycles. The normalized spacial score (nSPS) is 17.3. The summed E-state index contributed by atoms with van der Waals surface area (Å²) in [4.78, 5) is 6.33. The van der Waals surface area contributed by atoms with Crippen molar-refractivity contribution in [2.75, 3.05) is 36.8 Å². The smallest absolute Gasteiger partial charge is 0.214 e. The quantitative estimate of drug-likeness (QED) is 0.755. The molecule has 104 valence electrons. The summed E-state index contributed by atoms with van der Waals surface area (Å²) >= 11 is 1.57. The summed E-state index contributed by atoms with van der Waals surface area (Å²) in [7, 11) is -3.21. The Morgan fingerprint density at radius 3 is 2.68 bits per heavy atom. The summed E-state index contributed by atoms with van der Waals surface area (Å²) in [5.74, 6) is 0.0673. The predicted octanol–water partition coefficient (Wildman–Crippen LogP) is 0.899. The molecule has 1 saturated heterocycles. The molecule has 1 fully saturated rings. The van der Waals surface area contributed by atoms with Crippen LogP contribution in [0.5, 0.6) is 0 Å². The van der Waals surface area contributed by atoms with Crippen LogP contribution in [0, 0.1) is 11.3 Å². The third-order valence-electron chi connectivity index (χ3n) is 3.01. The second-order valence-corrected chi connectivity index (χ2v) is 7.24. The molecular weight excluding hydrogens is 284 g/mol. The van der Waals surface area contributed by atoms with E-state index in [0.717, 1.165) is 5.13 Å². The van der Waals surface area contributed by atoms with Crippen LogP contribution in [0.15, 0.2) is 11.6 Å². The van der Waals surface area contributed by atoms with Gasteiger partial charge in [-0.25, -0.2) is 13.4 Å². The second kappa shape index (κ2) is 6.32. The number of rotatable bonds is 5. The van der Waals surface area contributed by atoms with Gasteiger partial charge < -0.3 is 4.90 Å². The number of anilines is 1. The van der Waals surface area contributed by atoms with Crippen molar-refractivity contribution in [3.05, 3.63) is 11.6 Å². The second-order valence-electron chi connectivity index (χ2n) is 4.28. The number of nitrogens with zero attached hydrogens (tertiary/aromatic N) is 4. The van der Waals surface area contributed by atoms with Crippen molar-refractivity contribution in [1.29, 1.82) is 5.26 Å². The lowest BCUT2D eigenvalue weighted by Crippen LogP contribution is -2.49. The van der Waals surface area contributed by atoms with Crippen LogP contribution in [0.1, 0.15) is 12.8 Å². The summed E-state index contributed by atoms with van der Waals surface area (Å²) < 4.78 is 25.6. The molecule has 0 saturated carbocycles. The van der Waals surface area contributed by atoms with Crippen LogP contribution in [-0.4, -0.2) is 49.6 Å². The minimum absolute atomic E-state index is 0.0673. The lowest BCUT2D eigenvalue weighted by molar-refractivity contribution is 0.384. The molecule has 0 radical (unpaired) electrons. The Morgan fingerprint density at radius 1 is 1.37 bits per heavy atom. The molecule has 2 heterocycles. The molecule has 0 aliphatic carbocycles. The number of unbranched alkanes of at least 4 members (excludes halogenated alkanes) is 1. The van der Waals surface area contributed by atoms with Crippen LogP contribution in [0.3, 0.4) is 0 Å². The number of nitriles is 1. The van der Waals surface area contributed by atoms with Crippen LogP contribution in [0.4, 0.5) is 5.13 Å². The Kier molecular flexibility index (Phi) is 4.74. The number of hydrogen-bond donors (Lipinski definition) is 0. The van der Waals surface area contributed by atoms with E-state index in [1.54, 1.807) is 17.5 Å². The average Bonchev–Trinajstić information content (AvgIpc) is 2.93. The molecule has 0 N–H and O–H groups in total. The van der Waals surface area contributed by atoms with Gasteiger partial charge >= 0.3 is 0 Å². The molecule has 0 aromatic carbocycles. The third kappa shape index (κ3) is 3.65. The highest BCUT2D eigenvalue weighted by molar-refractivity contribution is 7.89. The zero-order chi connectivity index (χ0) is 13.7. The highest BCUT2D eigenvalue weighted by atomic mass is 32.2. The first-order valence-electron chi connectivity index (χ1n) is 6.13. The van der Waals surface area contributed by atoms with Crippen LogP contribution >= 0.6 is 11.3 Å². The molecule has 0 amide bonds. The Morgan fingerprint density at radius 2 is 2.11 bits per heavy atom. The Balaban J connectivity index is 1.87. The molecule has 8 heteroatoms. The summed E-state index contributed by atoms with van der Waals surface area (Å²) in [6.45, 7) is 2.33. The molecule has 1 aliphatic heterocycles. The number of piperazine rings is 1. The lowest BCUT2D eigenvalue weighted by Gasteiger charge is -2.33. The number of sulfonamides is 1. The van der Waals surface area contributed by atoms with Gasteiger partial charge in [0.15, 0.2) is 5.13 Å². The van der Waals surface area contributed by atoms with Crippen molar-refractivity contribution in [2.24, 2.45) is 0 Å². The van der Waals surface area contributed by atoms with Crippen LogP contribution in [0.2, 0.25) is 0 Å². The van der Waals surface area contributed by atoms with E-state index in [9.17, 15) is 8.42 Å². The summed E-state index contributed by atoms with van der Waals surface area (Å²) in [5.41, 5.74) is 0. The molecule has 0 bridgehead atoms. The van der Waals surface area contributed by atoms with Gasteiger partial charge in [-0.15, -0.1) is 11.3 Å². The fourth-order valence-corrected chi connectivity index (χ4v) is 4.18. The van der Waals surface area contributed by atoms with Gasteiger partial charge in [-0.1, -0.05) is 0 Å². The fraction of sp³-hybridized carbons (Fsp3) is 0.636. The first-order valence-corrected chi connectivity index (χ1v) is 8.61.